The van der Waals surface area contributed by atoms with Crippen LogP contribution in [0.25, 0.3) is 22.1 Å². The van der Waals surface area contributed by atoms with Crippen molar-refractivity contribution < 1.29 is 25.2 Å². The number of rotatable bonds is 8. The maximum absolute atomic E-state index is 11.5. The van der Waals surface area contributed by atoms with Crippen LogP contribution < -0.4 is 0 Å². The summed E-state index contributed by atoms with van der Waals surface area (Å²) in [6.07, 6.45) is 4.46. The van der Waals surface area contributed by atoms with Crippen molar-refractivity contribution in [2.75, 3.05) is 27.2 Å². The zero-order valence-corrected chi connectivity index (χ0v) is 17.8. The Labute approximate surface area is 179 Å². The third-order valence-corrected chi connectivity index (χ3v) is 5.09. The molecule has 1 aromatic heterocycles. The average Bonchev–Trinajstić information content (AvgIpc) is 2.72. The fourth-order valence-electron chi connectivity index (χ4n) is 3.34. The summed E-state index contributed by atoms with van der Waals surface area (Å²) in [6, 6.07) is 2.45. The topological polar surface area (TPSA) is 139 Å². The summed E-state index contributed by atoms with van der Waals surface area (Å²) in [7, 11) is 4.06. The highest BCUT2D eigenvalue weighted by atomic mass is 16.4. The van der Waals surface area contributed by atoms with Crippen LogP contribution in [-0.2, 0) is 0 Å². The van der Waals surface area contributed by atoms with Gasteiger partial charge < -0.3 is 25.3 Å². The predicted molar refractivity (Wildman–Crippen MR) is 119 cm³/mol. The molecule has 3 aromatic rings. The molecule has 0 unspecified atom stereocenters. The Bertz CT molecular complexity index is 1170. The van der Waals surface area contributed by atoms with Crippen molar-refractivity contribution in [3.63, 3.8) is 0 Å². The van der Waals surface area contributed by atoms with Crippen molar-refractivity contribution >= 4 is 34.3 Å². The molecule has 9 heteroatoms. The van der Waals surface area contributed by atoms with Crippen LogP contribution >= 0.6 is 0 Å². The summed E-state index contributed by atoms with van der Waals surface area (Å²) in [5, 5.41) is 40.7. The van der Waals surface area contributed by atoms with E-state index in [9.17, 15) is 25.2 Å². The summed E-state index contributed by atoms with van der Waals surface area (Å²) >= 11 is 0. The highest BCUT2D eigenvalue weighted by Crippen LogP contribution is 2.38. The number of unbranched alkanes of at least 4 members (excludes halogenated alkanes) is 2. The lowest BCUT2D eigenvalue weighted by atomic mass is 10.0. The maximum atomic E-state index is 11.5. The third kappa shape index (κ3) is 4.51. The molecular formula is C22H26N4O5. The van der Waals surface area contributed by atoms with E-state index in [2.05, 4.69) is 19.9 Å². The fraction of sp³-hybridized carbons (Fsp3) is 0.364. The van der Waals surface area contributed by atoms with Crippen LogP contribution in [0.5, 0.6) is 17.2 Å². The highest BCUT2D eigenvalue weighted by Gasteiger charge is 2.21. The number of aromatic nitrogens is 2. The molecule has 9 nitrogen and oxygen atoms in total. The van der Waals surface area contributed by atoms with Gasteiger partial charge in [-0.05, 0) is 52.5 Å². The molecular weight excluding hydrogens is 400 g/mol. The monoisotopic (exact) mass is 426 g/mol. The molecule has 3 rings (SSSR count). The van der Waals surface area contributed by atoms with Gasteiger partial charge in [-0.3, -0.25) is 4.99 Å². The lowest BCUT2D eigenvalue weighted by molar-refractivity contribution is 0.0699. The molecule has 0 saturated heterocycles. The van der Waals surface area contributed by atoms with Crippen LogP contribution in [0.4, 0.5) is 0 Å². The van der Waals surface area contributed by atoms with Gasteiger partial charge in [0.25, 0.3) is 0 Å². The van der Waals surface area contributed by atoms with Crippen LogP contribution in [0.3, 0.4) is 0 Å². The first kappa shape index (κ1) is 22.2. The predicted octanol–water partition coefficient (Wildman–Crippen LogP) is 3.06. The number of phenols is 3. The zero-order chi connectivity index (χ0) is 22.7. The molecule has 0 atom stereocenters. The number of aliphatic imine (C=N–C) groups is 1. The van der Waals surface area contributed by atoms with Gasteiger partial charge in [-0.15, -0.1) is 0 Å². The van der Waals surface area contributed by atoms with Crippen LogP contribution in [0.1, 0.15) is 40.7 Å². The molecule has 1 heterocycles. The molecule has 0 fully saturated rings. The molecule has 0 spiro atoms. The smallest absolute Gasteiger partial charge is 0.337 e. The minimum Gasteiger partial charge on any atom is -0.507 e. The Hall–Kier alpha value is -3.46. The fourth-order valence-corrected chi connectivity index (χ4v) is 3.34. The lowest BCUT2D eigenvalue weighted by Gasteiger charge is -2.12. The second-order valence-corrected chi connectivity index (χ2v) is 7.69. The van der Waals surface area contributed by atoms with E-state index in [1.54, 1.807) is 0 Å². The second kappa shape index (κ2) is 9.13. The first-order valence-electron chi connectivity index (χ1n) is 9.98. The van der Waals surface area contributed by atoms with Gasteiger partial charge in [-0.2, -0.15) is 0 Å². The van der Waals surface area contributed by atoms with Crippen LogP contribution in [0.15, 0.2) is 17.1 Å². The number of hydrogen-bond acceptors (Lipinski definition) is 8. The molecule has 0 bridgehead atoms. The second-order valence-electron chi connectivity index (χ2n) is 7.69. The minimum atomic E-state index is -1.23. The molecule has 0 aliphatic heterocycles. The van der Waals surface area contributed by atoms with E-state index in [-0.39, 0.29) is 56.0 Å². The Morgan fingerprint density at radius 2 is 1.71 bits per heavy atom. The van der Waals surface area contributed by atoms with Gasteiger partial charge in [0.05, 0.1) is 11.1 Å². The number of nitrogens with zero attached hydrogens (tertiary/aromatic N) is 4. The first-order valence-corrected chi connectivity index (χ1v) is 9.98. The number of aromatic carboxylic acids is 1. The summed E-state index contributed by atoms with van der Waals surface area (Å²) in [6.45, 7) is 3.09. The molecule has 2 aromatic carbocycles. The largest absolute Gasteiger partial charge is 0.507 e. The molecule has 0 aliphatic rings. The van der Waals surface area contributed by atoms with E-state index in [0.29, 0.717) is 6.54 Å². The number of phenolic OH excluding ortho intramolecular Hbond substituents is 3. The molecule has 0 radical (unpaired) electrons. The third-order valence-electron chi connectivity index (χ3n) is 5.09. The maximum Gasteiger partial charge on any atom is 0.337 e. The van der Waals surface area contributed by atoms with Crippen molar-refractivity contribution in [3.8, 4) is 17.2 Å². The van der Waals surface area contributed by atoms with Gasteiger partial charge in [0.1, 0.15) is 39.3 Å². The number of aromatic hydroxyl groups is 3. The van der Waals surface area contributed by atoms with Crippen molar-refractivity contribution in [1.29, 1.82) is 0 Å². The van der Waals surface area contributed by atoms with Gasteiger partial charge in [-0.1, -0.05) is 6.42 Å². The van der Waals surface area contributed by atoms with Crippen molar-refractivity contribution in [2.24, 2.45) is 4.99 Å². The van der Waals surface area contributed by atoms with Gasteiger partial charge in [0, 0.05) is 18.3 Å². The summed E-state index contributed by atoms with van der Waals surface area (Å²) in [4.78, 5) is 26.7. The van der Waals surface area contributed by atoms with E-state index in [4.69, 9.17) is 0 Å². The van der Waals surface area contributed by atoms with E-state index in [1.807, 2.05) is 14.1 Å². The average molecular weight is 426 g/mol. The Balaban J connectivity index is 2.05. The Morgan fingerprint density at radius 1 is 1.00 bits per heavy atom. The standard InChI is InChI=1S/C22H26N4O5/c1-12-20(28)14(11-23-9-5-4-6-10-26(2)3)17-19(21(12)29)25-16-13(22(30)31)7-8-15(27)18(16)24-17/h7-8,11,27-29H,4-6,9-10H2,1-3H3,(H,30,31). The number of fused-ring (bicyclic) bond motifs is 2. The Kier molecular flexibility index (Phi) is 6.55. The molecule has 0 saturated carbocycles. The summed E-state index contributed by atoms with van der Waals surface area (Å²) < 4.78 is 0. The van der Waals surface area contributed by atoms with Gasteiger partial charge >= 0.3 is 5.97 Å². The first-order chi connectivity index (χ1) is 14.7. The molecule has 4 N–H and O–H groups in total. The minimum absolute atomic E-state index is 0.0309. The number of benzene rings is 2. The van der Waals surface area contributed by atoms with Crippen molar-refractivity contribution in [3.05, 3.63) is 28.8 Å². The van der Waals surface area contributed by atoms with Gasteiger partial charge in [0.2, 0.25) is 0 Å². The number of carbonyl (C=O) groups is 1. The SMILES string of the molecule is Cc1c(O)c(C=NCCCCCN(C)C)c2nc3c(O)ccc(C(=O)O)c3nc2c1O. The van der Waals surface area contributed by atoms with E-state index >= 15 is 0 Å². The van der Waals surface area contributed by atoms with Gasteiger partial charge in [-0.25, -0.2) is 14.8 Å². The number of hydrogen-bond donors (Lipinski definition) is 4. The number of carboxylic acids is 1. The zero-order valence-electron chi connectivity index (χ0n) is 17.8. The summed E-state index contributed by atoms with van der Waals surface area (Å²) in [5.41, 5.74) is 0.363. The quantitative estimate of drug-likeness (QED) is 0.245. The van der Waals surface area contributed by atoms with Crippen LogP contribution in [0, 0.1) is 6.92 Å². The van der Waals surface area contributed by atoms with Gasteiger partial charge in [0.15, 0.2) is 0 Å². The molecule has 164 valence electrons. The van der Waals surface area contributed by atoms with Crippen molar-refractivity contribution in [2.45, 2.75) is 26.2 Å². The van der Waals surface area contributed by atoms with Crippen LogP contribution in [-0.4, -0.2) is 74.7 Å². The molecule has 0 amide bonds. The highest BCUT2D eigenvalue weighted by molar-refractivity contribution is 6.08. The molecule has 0 aliphatic carbocycles. The Morgan fingerprint density at radius 3 is 2.39 bits per heavy atom. The van der Waals surface area contributed by atoms with Crippen LogP contribution in [0.2, 0.25) is 0 Å². The van der Waals surface area contributed by atoms with E-state index in [1.165, 1.54) is 25.3 Å². The normalized spacial score (nSPS) is 11.9. The lowest BCUT2D eigenvalue weighted by Crippen LogP contribution is -2.12. The van der Waals surface area contributed by atoms with E-state index < -0.39 is 5.97 Å². The number of carboxylic acid groups (broad SMARTS) is 1. The van der Waals surface area contributed by atoms with E-state index in [0.717, 1.165) is 25.8 Å². The van der Waals surface area contributed by atoms with Crippen molar-refractivity contribution in [1.82, 2.24) is 14.9 Å². The summed E-state index contributed by atoms with van der Waals surface area (Å²) in [5.74, 6) is -1.98. The molecule has 31 heavy (non-hydrogen) atoms.